The van der Waals surface area contributed by atoms with Gasteiger partial charge in [-0.3, -0.25) is 15.1 Å². The number of nitrogens with two attached hydrogens (primary N) is 2. The second-order valence-corrected chi connectivity index (χ2v) is 10.7. The number of rotatable bonds is 7. The van der Waals surface area contributed by atoms with E-state index in [-0.39, 0.29) is 11.7 Å². The number of allylic oxidation sites excluding steroid dienone is 2. The summed E-state index contributed by atoms with van der Waals surface area (Å²) < 4.78 is 13.3. The zero-order valence-electron chi connectivity index (χ0n) is 19.6. The number of aromatic nitrogens is 1. The molecular weight excluding hydrogens is 419 g/mol. The number of amides is 1. The second kappa shape index (κ2) is 8.80. The van der Waals surface area contributed by atoms with E-state index in [2.05, 4.69) is 29.0 Å². The van der Waals surface area contributed by atoms with Crippen LogP contribution in [0.1, 0.15) is 55.5 Å². The molecule has 0 bridgehead atoms. The van der Waals surface area contributed by atoms with Crippen LogP contribution < -0.4 is 11.1 Å². The molecule has 7 nitrogen and oxygen atoms in total. The van der Waals surface area contributed by atoms with Gasteiger partial charge in [-0.05, 0) is 57.4 Å². The average molecular weight is 456 g/mol. The van der Waals surface area contributed by atoms with Crippen LogP contribution >= 0.6 is 0 Å². The number of anilines is 1. The molecule has 5 N–H and O–H groups in total. The minimum atomic E-state index is -0.640. The summed E-state index contributed by atoms with van der Waals surface area (Å²) in [6.45, 7) is 7.03. The van der Waals surface area contributed by atoms with Gasteiger partial charge in [0, 0.05) is 56.0 Å². The molecule has 2 aliphatic heterocycles. The Hall–Kier alpha value is -2.32. The van der Waals surface area contributed by atoms with Crippen molar-refractivity contribution < 1.29 is 14.5 Å². The van der Waals surface area contributed by atoms with Gasteiger partial charge in [0.1, 0.15) is 17.7 Å². The highest BCUT2D eigenvalue weighted by molar-refractivity contribution is 6.09. The summed E-state index contributed by atoms with van der Waals surface area (Å²) >= 11 is 0. The van der Waals surface area contributed by atoms with Crippen molar-refractivity contribution in [2.75, 3.05) is 31.9 Å². The van der Waals surface area contributed by atoms with E-state index in [0.717, 1.165) is 38.8 Å². The first-order valence-electron chi connectivity index (χ1n) is 12.4. The van der Waals surface area contributed by atoms with Crippen molar-refractivity contribution in [3.05, 3.63) is 35.2 Å². The van der Waals surface area contributed by atoms with Gasteiger partial charge in [-0.15, -0.1) is 0 Å². The number of pyridine rings is 1. The van der Waals surface area contributed by atoms with E-state index in [0.29, 0.717) is 59.8 Å². The Morgan fingerprint density at radius 3 is 2.55 bits per heavy atom. The van der Waals surface area contributed by atoms with Gasteiger partial charge in [0.15, 0.2) is 0 Å². The topological polar surface area (TPSA) is 103 Å². The maximum atomic E-state index is 13.3. The third-order valence-corrected chi connectivity index (χ3v) is 7.88. The van der Waals surface area contributed by atoms with Crippen LogP contribution in [0.15, 0.2) is 24.0 Å². The number of nitrogens with zero attached hydrogens (tertiary/aromatic N) is 3. The Balaban J connectivity index is 1.30. The number of nitrogen functional groups attached to an aromatic ring is 1. The molecule has 1 amide bonds. The highest BCUT2D eigenvalue weighted by Gasteiger charge is 2.60. The van der Waals surface area contributed by atoms with Gasteiger partial charge in [-0.1, -0.05) is 0 Å². The van der Waals surface area contributed by atoms with E-state index in [1.54, 1.807) is 12.3 Å². The molecule has 178 valence electrons. The molecule has 2 unspecified atom stereocenters. The second-order valence-electron chi connectivity index (χ2n) is 10.7. The molecule has 8 heteroatoms. The Morgan fingerprint density at radius 1 is 1.27 bits per heavy atom. The van der Waals surface area contributed by atoms with E-state index >= 15 is 0 Å². The number of fused-ring (bicyclic) bond motifs is 1. The third-order valence-electron chi connectivity index (χ3n) is 7.88. The zero-order valence-corrected chi connectivity index (χ0v) is 19.6. The van der Waals surface area contributed by atoms with Crippen molar-refractivity contribution in [3.8, 4) is 0 Å². The molecule has 0 spiro atoms. The average Bonchev–Trinajstić information content (AvgIpc) is 3.14. The maximum Gasteiger partial charge on any atom is 0.257 e. The van der Waals surface area contributed by atoms with Gasteiger partial charge >= 0.3 is 0 Å². The minimum Gasteiger partial charge on any atom is -0.383 e. The molecule has 2 atom stereocenters. The van der Waals surface area contributed by atoms with Gasteiger partial charge in [-0.2, -0.15) is 0 Å². The minimum absolute atomic E-state index is 0.0885. The van der Waals surface area contributed by atoms with Crippen LogP contribution in [0.5, 0.6) is 0 Å². The number of alkyl halides is 1. The molecule has 0 aromatic carbocycles. The quantitative estimate of drug-likeness (QED) is 0.546. The first-order chi connectivity index (χ1) is 15.8. The first-order valence-corrected chi connectivity index (χ1v) is 12.4. The summed E-state index contributed by atoms with van der Waals surface area (Å²) in [4.78, 5) is 21.2. The lowest BCUT2D eigenvalue weighted by Gasteiger charge is -2.40. The van der Waals surface area contributed by atoms with Crippen LogP contribution in [0.4, 0.5) is 10.2 Å². The largest absolute Gasteiger partial charge is 0.383 e. The van der Waals surface area contributed by atoms with Crippen molar-refractivity contribution in [2.45, 2.75) is 57.8 Å². The van der Waals surface area contributed by atoms with E-state index < -0.39 is 6.17 Å². The number of carbonyl (C=O) groups excluding carboxylic acids is 1. The Kier molecular flexibility index (Phi) is 5.99. The summed E-state index contributed by atoms with van der Waals surface area (Å²) in [7, 11) is 0. The van der Waals surface area contributed by atoms with Crippen LogP contribution in [-0.2, 0) is 0 Å². The smallest absolute Gasteiger partial charge is 0.257 e. The molecule has 2 aliphatic carbocycles. The summed E-state index contributed by atoms with van der Waals surface area (Å²) in [5.41, 5.74) is 8.64. The monoisotopic (exact) mass is 455 g/mol. The molecule has 4 aliphatic rings. The molecule has 1 aromatic heterocycles. The Labute approximate surface area is 195 Å². The van der Waals surface area contributed by atoms with Crippen LogP contribution in [-0.4, -0.2) is 70.8 Å². The molecule has 2 saturated carbocycles. The zero-order chi connectivity index (χ0) is 23.3. The Bertz CT molecular complexity index is 954. The number of hydrogen-bond acceptors (Lipinski definition) is 5. The predicted octanol–water partition coefficient (Wildman–Crippen LogP) is 1.80. The highest BCUT2D eigenvalue weighted by atomic mass is 19.1. The molecular formula is C25H36FN6O+. The number of likely N-dealkylation sites (tertiary alicyclic amines) is 2. The molecule has 0 radical (unpaired) electrons. The fourth-order valence-electron chi connectivity index (χ4n) is 6.13. The normalized spacial score (nSPS) is 29.9. The van der Waals surface area contributed by atoms with E-state index in [1.807, 2.05) is 11.0 Å². The number of carbonyl (C=O) groups is 1. The van der Waals surface area contributed by atoms with Crippen LogP contribution in [0.3, 0.4) is 0 Å². The summed E-state index contributed by atoms with van der Waals surface area (Å²) in [5.74, 6) is 1.90. The lowest BCUT2D eigenvalue weighted by molar-refractivity contribution is -0.640. The first kappa shape index (κ1) is 22.5. The molecule has 33 heavy (non-hydrogen) atoms. The van der Waals surface area contributed by atoms with Crippen LogP contribution in [0.25, 0.3) is 0 Å². The van der Waals surface area contributed by atoms with Crippen molar-refractivity contribution in [2.24, 2.45) is 17.8 Å². The van der Waals surface area contributed by atoms with Crippen LogP contribution in [0.2, 0.25) is 0 Å². The summed E-state index contributed by atoms with van der Waals surface area (Å²) in [6.07, 6.45) is 7.23. The fraction of sp³-hybridized carbons (Fsp3) is 0.640. The van der Waals surface area contributed by atoms with Crippen molar-refractivity contribution in [1.29, 1.82) is 5.41 Å². The van der Waals surface area contributed by atoms with Crippen LogP contribution in [0, 0.1) is 23.2 Å². The van der Waals surface area contributed by atoms with E-state index in [4.69, 9.17) is 11.1 Å². The summed E-state index contributed by atoms with van der Waals surface area (Å²) in [5, 5.41) is 11.0. The molecule has 2 saturated heterocycles. The van der Waals surface area contributed by atoms with Gasteiger partial charge in [-0.25, -0.2) is 9.37 Å². The van der Waals surface area contributed by atoms with Crippen molar-refractivity contribution in [3.63, 3.8) is 0 Å². The molecule has 1 aromatic rings. The van der Waals surface area contributed by atoms with Crippen molar-refractivity contribution in [1.82, 2.24) is 14.8 Å². The molecule has 4 fully saturated rings. The lowest BCUT2D eigenvalue weighted by Crippen LogP contribution is -2.87. The van der Waals surface area contributed by atoms with E-state index in [1.165, 1.54) is 5.70 Å². The van der Waals surface area contributed by atoms with Gasteiger partial charge in [0.2, 0.25) is 0 Å². The van der Waals surface area contributed by atoms with Crippen molar-refractivity contribution >= 4 is 17.4 Å². The summed E-state index contributed by atoms with van der Waals surface area (Å²) in [6, 6.07) is 2.65. The predicted molar refractivity (Wildman–Crippen MR) is 126 cm³/mol. The molecule has 5 rings (SSSR count). The highest BCUT2D eigenvalue weighted by Crippen LogP contribution is 2.60. The number of quaternary nitrogens is 1. The standard InChI is InChI=1S/C25H35FN6O/c1-14(2)30-22(23-18-8-17(9-19(18)23)32-12-16(26)13-32)10-21(27)15-7-20(24(28)29-11-15)25(33)31-5-3-4-6-31/h7,10-11,14,16-19,23,27,30H,3-6,8-9,12-13H2,1-2H3,(H2,28,29)/p+1. The van der Waals surface area contributed by atoms with Gasteiger partial charge in [0.25, 0.3) is 5.91 Å². The number of halogens is 1. The maximum absolute atomic E-state index is 13.3. The molecule has 3 heterocycles. The van der Waals surface area contributed by atoms with E-state index in [9.17, 15) is 9.18 Å². The number of hydrogen-bond donors (Lipinski definition) is 3. The van der Waals surface area contributed by atoms with Gasteiger partial charge in [0.05, 0.1) is 17.3 Å². The SMILES string of the molecule is CC(C)[NH2+]C(=CC(=N)c1cnc(N)c(C(=O)N2CCCC2)c1)C1C2CC(N3CC(F)C3)CC21. The third kappa shape index (κ3) is 4.43. The lowest BCUT2D eigenvalue weighted by atomic mass is 9.98. The number of nitrogens with one attached hydrogen (secondary N) is 1. The fourth-order valence-corrected chi connectivity index (χ4v) is 6.13. The Morgan fingerprint density at radius 2 is 1.94 bits per heavy atom. The van der Waals surface area contributed by atoms with Gasteiger partial charge < -0.3 is 16.0 Å².